The number of anilines is 2. The van der Waals surface area contributed by atoms with Crippen molar-refractivity contribution < 1.29 is 9.53 Å². The van der Waals surface area contributed by atoms with Crippen LogP contribution in [-0.4, -0.2) is 56.6 Å². The Morgan fingerprint density at radius 2 is 2.18 bits per heavy atom. The summed E-state index contributed by atoms with van der Waals surface area (Å²) in [6.45, 7) is 6.27. The Bertz CT molecular complexity index is 1240. The average Bonchev–Trinajstić information content (AvgIpc) is 3.45. The number of amides is 1. The summed E-state index contributed by atoms with van der Waals surface area (Å²) >= 11 is 6.48. The highest BCUT2D eigenvalue weighted by Gasteiger charge is 2.30. The van der Waals surface area contributed by atoms with E-state index in [4.69, 9.17) is 22.1 Å². The van der Waals surface area contributed by atoms with E-state index < -0.39 is 6.04 Å². The van der Waals surface area contributed by atoms with Crippen LogP contribution in [0.5, 0.6) is 5.75 Å². The number of likely N-dealkylation sites (tertiary alicyclic amines) is 1. The van der Waals surface area contributed by atoms with Crippen LogP contribution < -0.4 is 21.1 Å². The van der Waals surface area contributed by atoms with Gasteiger partial charge in [0.05, 0.1) is 23.9 Å². The molecule has 1 amide bonds. The zero-order valence-electron chi connectivity index (χ0n) is 19.3. The number of hydrogen-bond acceptors (Lipinski definition) is 7. The van der Waals surface area contributed by atoms with Gasteiger partial charge in [0.2, 0.25) is 0 Å². The van der Waals surface area contributed by atoms with Gasteiger partial charge in [0.15, 0.2) is 5.82 Å². The molecule has 2 aliphatic heterocycles. The second-order valence-electron chi connectivity index (χ2n) is 8.64. The molecule has 2 aromatic heterocycles. The van der Waals surface area contributed by atoms with Gasteiger partial charge in [-0.2, -0.15) is 5.10 Å². The molecule has 0 bridgehead atoms. The lowest BCUT2D eigenvalue weighted by Gasteiger charge is -2.35. The van der Waals surface area contributed by atoms with E-state index in [-0.39, 0.29) is 17.9 Å². The number of aromatic nitrogens is 4. The fourth-order valence-corrected chi connectivity index (χ4v) is 4.98. The lowest BCUT2D eigenvalue weighted by atomic mass is 10.0. The van der Waals surface area contributed by atoms with Crippen LogP contribution in [0.1, 0.15) is 55.1 Å². The van der Waals surface area contributed by atoms with Crippen LogP contribution in [0.4, 0.5) is 11.6 Å². The molecule has 3 aromatic rings. The second-order valence-corrected chi connectivity index (χ2v) is 9.05. The summed E-state index contributed by atoms with van der Waals surface area (Å²) < 4.78 is 7.52. The van der Waals surface area contributed by atoms with Crippen LogP contribution in [0.25, 0.3) is 17.1 Å². The van der Waals surface area contributed by atoms with Gasteiger partial charge in [-0.3, -0.25) is 14.8 Å². The molecule has 1 saturated heterocycles. The van der Waals surface area contributed by atoms with Crippen molar-refractivity contribution in [3.63, 3.8) is 0 Å². The molecule has 10 nitrogen and oxygen atoms in total. The van der Waals surface area contributed by atoms with Crippen molar-refractivity contribution in [3.05, 3.63) is 34.5 Å². The maximum atomic E-state index is 13.4. The minimum absolute atomic E-state index is 0.000905. The first-order valence-corrected chi connectivity index (χ1v) is 12.0. The third-order valence-electron chi connectivity index (χ3n) is 6.41. The summed E-state index contributed by atoms with van der Waals surface area (Å²) in [5.41, 5.74) is 7.95. The van der Waals surface area contributed by atoms with Crippen LogP contribution in [0.2, 0.25) is 5.02 Å². The molecule has 180 valence electrons. The predicted octanol–water partition coefficient (Wildman–Crippen LogP) is 3.59. The molecular weight excluding hydrogens is 456 g/mol. The average molecular weight is 485 g/mol. The molecule has 0 saturated carbocycles. The number of benzene rings is 1. The van der Waals surface area contributed by atoms with Crippen LogP contribution in [0.3, 0.4) is 0 Å². The molecule has 0 aliphatic carbocycles. The van der Waals surface area contributed by atoms with E-state index in [2.05, 4.69) is 30.8 Å². The summed E-state index contributed by atoms with van der Waals surface area (Å²) in [6, 6.07) is 1.39. The Morgan fingerprint density at radius 1 is 1.38 bits per heavy atom. The van der Waals surface area contributed by atoms with Crippen molar-refractivity contribution in [2.24, 2.45) is 0 Å². The van der Waals surface area contributed by atoms with Gasteiger partial charge in [-0.25, -0.2) is 4.68 Å². The number of fused-ring (bicyclic) bond motifs is 2. The normalized spacial score (nSPS) is 19.0. The lowest BCUT2D eigenvalue weighted by Crippen LogP contribution is -2.44. The van der Waals surface area contributed by atoms with Gasteiger partial charge in [0.25, 0.3) is 5.91 Å². The smallest absolute Gasteiger partial charge is 0.259 e. The summed E-state index contributed by atoms with van der Waals surface area (Å²) in [5.74, 6) is 1.05. The van der Waals surface area contributed by atoms with E-state index in [9.17, 15) is 4.79 Å². The first-order valence-electron chi connectivity index (χ1n) is 11.6. The number of carbonyl (C=O) groups is 1. The van der Waals surface area contributed by atoms with E-state index in [1.54, 1.807) is 16.9 Å². The first kappa shape index (κ1) is 22.5. The Hall–Kier alpha value is -3.24. The minimum Gasteiger partial charge on any atom is -0.491 e. The number of H-pyrrole nitrogens is 1. The molecule has 0 spiro atoms. The molecule has 5 rings (SSSR count). The lowest BCUT2D eigenvalue weighted by molar-refractivity contribution is 0.0941. The number of aromatic amines is 1. The molecule has 1 aromatic carbocycles. The Kier molecular flexibility index (Phi) is 6.09. The SMILES string of the molecule is CCOc1c(C(C)NC(=O)c2c(N)nn3c2NC(N2CCCCC2)C=C3)cc(Cl)c2cn[nH]c12. The van der Waals surface area contributed by atoms with Gasteiger partial charge < -0.3 is 21.1 Å². The number of nitrogens with two attached hydrogens (primary N) is 1. The molecule has 2 aliphatic rings. The van der Waals surface area contributed by atoms with Gasteiger partial charge in [0, 0.05) is 30.2 Å². The molecule has 4 heterocycles. The van der Waals surface area contributed by atoms with Crippen molar-refractivity contribution in [1.29, 1.82) is 0 Å². The van der Waals surface area contributed by atoms with Crippen molar-refractivity contribution >= 4 is 46.2 Å². The number of nitrogen functional groups attached to an aromatic ring is 1. The largest absolute Gasteiger partial charge is 0.491 e. The van der Waals surface area contributed by atoms with E-state index >= 15 is 0 Å². The highest BCUT2D eigenvalue weighted by atomic mass is 35.5. The van der Waals surface area contributed by atoms with Crippen LogP contribution in [0.15, 0.2) is 18.3 Å². The van der Waals surface area contributed by atoms with Crippen LogP contribution in [0, 0.1) is 0 Å². The summed E-state index contributed by atoms with van der Waals surface area (Å²) in [4.78, 5) is 15.8. The van der Waals surface area contributed by atoms with Crippen LogP contribution >= 0.6 is 11.6 Å². The summed E-state index contributed by atoms with van der Waals surface area (Å²) in [7, 11) is 0. The van der Waals surface area contributed by atoms with Crippen molar-refractivity contribution in [3.8, 4) is 5.75 Å². The zero-order valence-corrected chi connectivity index (χ0v) is 20.0. The number of piperidine rings is 1. The Morgan fingerprint density at radius 3 is 2.94 bits per heavy atom. The quantitative estimate of drug-likeness (QED) is 0.421. The predicted molar refractivity (Wildman–Crippen MR) is 133 cm³/mol. The van der Waals surface area contributed by atoms with Gasteiger partial charge in [0.1, 0.15) is 28.8 Å². The number of nitrogens with zero attached hydrogens (tertiary/aromatic N) is 4. The van der Waals surface area contributed by atoms with Crippen molar-refractivity contribution in [2.45, 2.75) is 45.3 Å². The standard InChI is InChI=1S/C23H29ClN8O2/c1-3-34-20-14(11-16(24)15-12-26-29-19(15)20)13(2)27-23(33)18-21(25)30-32-10-7-17(28-22(18)32)31-8-5-4-6-9-31/h7,10-13,17,28H,3-6,8-9H2,1-2H3,(H2,25,30)(H,26,29)(H,27,33). The van der Waals surface area contributed by atoms with E-state index in [1.165, 1.54) is 19.3 Å². The molecule has 2 unspecified atom stereocenters. The molecule has 34 heavy (non-hydrogen) atoms. The van der Waals surface area contributed by atoms with Crippen LogP contribution in [-0.2, 0) is 0 Å². The van der Waals surface area contributed by atoms with E-state index in [0.29, 0.717) is 34.3 Å². The molecule has 5 N–H and O–H groups in total. The summed E-state index contributed by atoms with van der Waals surface area (Å²) in [6.07, 6.45) is 9.16. The molecular formula is C23H29ClN8O2. The first-order chi connectivity index (χ1) is 16.5. The monoisotopic (exact) mass is 484 g/mol. The van der Waals surface area contributed by atoms with Crippen molar-refractivity contribution in [2.75, 3.05) is 30.7 Å². The van der Waals surface area contributed by atoms with E-state index in [1.807, 2.05) is 26.1 Å². The number of hydrogen-bond donors (Lipinski definition) is 4. The highest BCUT2D eigenvalue weighted by Crippen LogP contribution is 2.37. The molecule has 0 radical (unpaired) electrons. The summed E-state index contributed by atoms with van der Waals surface area (Å²) in [5, 5.41) is 19.2. The number of ether oxygens (including phenoxy) is 1. The Labute approximate surface area is 202 Å². The number of carbonyl (C=O) groups excluding carboxylic acids is 1. The maximum Gasteiger partial charge on any atom is 0.259 e. The molecule has 11 heteroatoms. The minimum atomic E-state index is -0.411. The van der Waals surface area contributed by atoms with Gasteiger partial charge in [-0.15, -0.1) is 5.10 Å². The highest BCUT2D eigenvalue weighted by molar-refractivity contribution is 6.35. The zero-order chi connectivity index (χ0) is 23.8. The van der Waals surface area contributed by atoms with Gasteiger partial charge in [-0.05, 0) is 38.8 Å². The molecule has 2 atom stereocenters. The maximum absolute atomic E-state index is 13.4. The molecule has 1 fully saturated rings. The fourth-order valence-electron chi connectivity index (χ4n) is 4.72. The second kappa shape index (κ2) is 9.19. The number of rotatable bonds is 6. The third kappa shape index (κ3) is 3.97. The topological polar surface area (TPSA) is 126 Å². The number of nitrogens with one attached hydrogen (secondary N) is 3. The third-order valence-corrected chi connectivity index (χ3v) is 6.73. The van der Waals surface area contributed by atoms with Gasteiger partial charge >= 0.3 is 0 Å². The Balaban J connectivity index is 1.41. The van der Waals surface area contributed by atoms with Gasteiger partial charge in [-0.1, -0.05) is 18.0 Å². The van der Waals surface area contributed by atoms with Crippen molar-refractivity contribution in [1.82, 2.24) is 30.2 Å². The number of halogens is 1. The van der Waals surface area contributed by atoms with E-state index in [0.717, 1.165) is 24.0 Å². The fraction of sp³-hybridized carbons (Fsp3) is 0.435.